The lowest BCUT2D eigenvalue weighted by Crippen LogP contribution is -2.32. The van der Waals surface area contributed by atoms with Crippen molar-refractivity contribution < 1.29 is 28.7 Å². The first-order valence-corrected chi connectivity index (χ1v) is 11.5. The predicted molar refractivity (Wildman–Crippen MR) is 143 cm³/mol. The molecule has 12 nitrogen and oxygen atoms in total. The number of hydrogen-bond donors (Lipinski definition) is 4. The number of rotatable bonds is 12. The van der Waals surface area contributed by atoms with E-state index in [1.54, 1.807) is 62.4 Å². The number of urea groups is 2. The van der Waals surface area contributed by atoms with Crippen LogP contribution in [0.25, 0.3) is 0 Å². The fourth-order valence-electron chi connectivity index (χ4n) is 2.55. The third kappa shape index (κ3) is 11.2. The van der Waals surface area contributed by atoms with Crippen LogP contribution in [0, 0.1) is 0 Å². The number of nitrogens with zero attached hydrogens (tertiary/aromatic N) is 2. The van der Waals surface area contributed by atoms with Crippen molar-refractivity contribution in [3.63, 3.8) is 0 Å². The van der Waals surface area contributed by atoms with Gasteiger partial charge in [-0.25, -0.2) is 19.2 Å². The Morgan fingerprint density at radius 1 is 0.658 bits per heavy atom. The van der Waals surface area contributed by atoms with Crippen molar-refractivity contribution in [3.8, 4) is 0 Å². The highest BCUT2D eigenvalue weighted by Crippen LogP contribution is 2.21. The smallest absolute Gasteiger partial charge is 0.333 e. The van der Waals surface area contributed by atoms with Crippen LogP contribution in [0.5, 0.6) is 0 Å². The van der Waals surface area contributed by atoms with Crippen LogP contribution in [0.4, 0.5) is 32.3 Å². The number of anilines is 2. The molecule has 4 amide bonds. The zero-order valence-corrected chi connectivity index (χ0v) is 21.2. The highest BCUT2D eigenvalue weighted by atomic mass is 16.5. The van der Waals surface area contributed by atoms with Gasteiger partial charge >= 0.3 is 24.0 Å². The minimum atomic E-state index is -0.510. The van der Waals surface area contributed by atoms with Gasteiger partial charge in [-0.2, -0.15) is 10.2 Å². The number of benzene rings is 2. The summed E-state index contributed by atoms with van der Waals surface area (Å²) in [6.45, 7) is 10.4. The second kappa shape index (κ2) is 15.2. The summed E-state index contributed by atoms with van der Waals surface area (Å²) in [5.41, 5.74) is 2.80. The molecule has 0 fully saturated rings. The van der Waals surface area contributed by atoms with Gasteiger partial charge in [0.25, 0.3) is 0 Å². The Kier molecular flexibility index (Phi) is 11.7. The maximum absolute atomic E-state index is 11.9. The molecular formula is C26H30N6O6. The summed E-state index contributed by atoms with van der Waals surface area (Å²) in [6, 6.07) is 12.5. The number of carbonyl (C=O) groups excluding carboxylic acids is 4. The molecule has 2 rings (SSSR count). The topological polar surface area (TPSA) is 160 Å². The number of amides is 4. The van der Waals surface area contributed by atoms with Gasteiger partial charge in [0.2, 0.25) is 0 Å². The molecule has 0 radical (unpaired) electrons. The number of nitrogens with one attached hydrogen (secondary N) is 4. The third-order valence-corrected chi connectivity index (χ3v) is 4.47. The number of esters is 2. The number of ether oxygens (including phenoxy) is 2. The summed E-state index contributed by atoms with van der Waals surface area (Å²) in [6.07, 6.45) is 0. The van der Waals surface area contributed by atoms with Crippen molar-refractivity contribution in [3.05, 3.63) is 72.8 Å². The van der Waals surface area contributed by atoms with E-state index in [0.717, 1.165) is 0 Å². The Hall–Kier alpha value is -5.00. The molecule has 0 bridgehead atoms. The highest BCUT2D eigenvalue weighted by molar-refractivity contribution is 5.90. The molecule has 2 aromatic carbocycles. The van der Waals surface area contributed by atoms with Crippen molar-refractivity contribution in [1.82, 2.24) is 10.6 Å². The van der Waals surface area contributed by atoms with Crippen molar-refractivity contribution >= 4 is 46.8 Å². The Morgan fingerprint density at radius 2 is 1.00 bits per heavy atom. The lowest BCUT2D eigenvalue weighted by molar-refractivity contribution is -0.139. The molecule has 0 saturated carbocycles. The van der Waals surface area contributed by atoms with E-state index in [4.69, 9.17) is 9.47 Å². The summed E-state index contributed by atoms with van der Waals surface area (Å²) >= 11 is 0. The van der Waals surface area contributed by atoms with Crippen LogP contribution in [-0.4, -0.2) is 50.3 Å². The number of azo groups is 1. The molecule has 200 valence electrons. The molecular weight excluding hydrogens is 492 g/mol. The average Bonchev–Trinajstić information content (AvgIpc) is 2.89. The van der Waals surface area contributed by atoms with E-state index in [2.05, 4.69) is 44.7 Å². The number of carbonyl (C=O) groups is 4. The van der Waals surface area contributed by atoms with Crippen LogP contribution >= 0.6 is 0 Å². The molecule has 0 aromatic heterocycles. The Balaban J connectivity index is 1.73. The summed E-state index contributed by atoms with van der Waals surface area (Å²) in [7, 11) is 0. The van der Waals surface area contributed by atoms with Crippen LogP contribution in [-0.2, 0) is 19.1 Å². The zero-order valence-electron chi connectivity index (χ0n) is 21.2. The van der Waals surface area contributed by atoms with E-state index in [-0.39, 0.29) is 26.3 Å². The van der Waals surface area contributed by atoms with Crippen LogP contribution in [0.1, 0.15) is 13.8 Å². The van der Waals surface area contributed by atoms with Gasteiger partial charge in [-0.3, -0.25) is 0 Å². The maximum atomic E-state index is 11.9. The highest BCUT2D eigenvalue weighted by Gasteiger charge is 2.06. The number of hydrogen-bond acceptors (Lipinski definition) is 8. The van der Waals surface area contributed by atoms with Gasteiger partial charge in [-0.05, 0) is 62.4 Å². The van der Waals surface area contributed by atoms with E-state index in [1.165, 1.54) is 0 Å². The van der Waals surface area contributed by atoms with Gasteiger partial charge in [0, 0.05) is 22.5 Å². The zero-order chi connectivity index (χ0) is 27.9. The molecule has 0 spiro atoms. The summed E-state index contributed by atoms with van der Waals surface area (Å²) < 4.78 is 9.79. The first kappa shape index (κ1) is 29.2. The Morgan fingerprint density at radius 3 is 1.32 bits per heavy atom. The molecule has 38 heavy (non-hydrogen) atoms. The van der Waals surface area contributed by atoms with Crippen LogP contribution in [0.3, 0.4) is 0 Å². The molecule has 0 aliphatic rings. The SMILES string of the molecule is C=C(C)C(=O)OCCNC(=O)Nc1ccc(N=Nc2ccc(NC(=O)NCCOC(=O)C(=C)C)cc2)cc1. The summed E-state index contributed by atoms with van der Waals surface area (Å²) in [5, 5.41) is 18.8. The largest absolute Gasteiger partial charge is 0.460 e. The second-order valence-electron chi connectivity index (χ2n) is 7.89. The fourth-order valence-corrected chi connectivity index (χ4v) is 2.55. The first-order valence-electron chi connectivity index (χ1n) is 11.5. The molecule has 0 saturated heterocycles. The molecule has 4 N–H and O–H groups in total. The van der Waals surface area contributed by atoms with Gasteiger partial charge in [0.05, 0.1) is 24.5 Å². The van der Waals surface area contributed by atoms with E-state index in [9.17, 15) is 19.2 Å². The Labute approximate surface area is 220 Å². The maximum Gasteiger partial charge on any atom is 0.333 e. The molecule has 0 atom stereocenters. The molecule has 2 aromatic rings. The van der Waals surface area contributed by atoms with Crippen molar-refractivity contribution in [2.24, 2.45) is 10.2 Å². The van der Waals surface area contributed by atoms with E-state index in [0.29, 0.717) is 33.9 Å². The van der Waals surface area contributed by atoms with Gasteiger partial charge < -0.3 is 30.7 Å². The van der Waals surface area contributed by atoms with Crippen molar-refractivity contribution in [1.29, 1.82) is 0 Å². The van der Waals surface area contributed by atoms with Crippen LogP contribution < -0.4 is 21.3 Å². The van der Waals surface area contributed by atoms with E-state index < -0.39 is 24.0 Å². The molecule has 0 aliphatic carbocycles. The fraction of sp³-hybridized carbons (Fsp3) is 0.231. The van der Waals surface area contributed by atoms with Gasteiger partial charge in [0.1, 0.15) is 13.2 Å². The molecule has 12 heteroatoms. The van der Waals surface area contributed by atoms with Gasteiger partial charge in [0.15, 0.2) is 0 Å². The van der Waals surface area contributed by atoms with Crippen LogP contribution in [0.15, 0.2) is 83.1 Å². The third-order valence-electron chi connectivity index (χ3n) is 4.47. The normalized spacial score (nSPS) is 10.3. The van der Waals surface area contributed by atoms with Crippen molar-refractivity contribution in [2.75, 3.05) is 36.9 Å². The quantitative estimate of drug-likeness (QED) is 0.138. The summed E-state index contributed by atoms with van der Waals surface area (Å²) in [5.74, 6) is -1.02. The van der Waals surface area contributed by atoms with Crippen molar-refractivity contribution in [2.45, 2.75) is 13.8 Å². The molecule has 0 aliphatic heterocycles. The monoisotopic (exact) mass is 522 g/mol. The standard InChI is InChI=1S/C26H30N6O6/c1-17(2)23(33)37-15-13-27-25(35)29-19-5-9-21(10-6-19)31-32-22-11-7-20(8-12-22)30-26(36)28-14-16-38-24(34)18(3)4/h5-12H,1,3,13-16H2,2,4H3,(H2,27,29,35)(H2,28,30,36). The lowest BCUT2D eigenvalue weighted by atomic mass is 10.3. The van der Waals surface area contributed by atoms with Crippen LogP contribution in [0.2, 0.25) is 0 Å². The van der Waals surface area contributed by atoms with E-state index in [1.807, 2.05) is 0 Å². The summed E-state index contributed by atoms with van der Waals surface area (Å²) in [4.78, 5) is 46.4. The average molecular weight is 523 g/mol. The van der Waals surface area contributed by atoms with E-state index >= 15 is 0 Å². The Bertz CT molecular complexity index is 1100. The van der Waals surface area contributed by atoms with Gasteiger partial charge in [-0.1, -0.05) is 13.2 Å². The van der Waals surface area contributed by atoms with Gasteiger partial charge in [-0.15, -0.1) is 0 Å². The second-order valence-corrected chi connectivity index (χ2v) is 7.89. The first-order chi connectivity index (χ1) is 18.1. The minimum Gasteiger partial charge on any atom is -0.460 e. The molecule has 0 heterocycles. The molecule has 0 unspecified atom stereocenters. The lowest BCUT2D eigenvalue weighted by Gasteiger charge is -2.08. The predicted octanol–water partition coefficient (Wildman–Crippen LogP) is 4.58. The minimum absolute atomic E-state index is 0.0391.